The Morgan fingerprint density at radius 2 is 2.06 bits per heavy atom. The van der Waals surface area contributed by atoms with Gasteiger partial charge in [-0.3, -0.25) is 4.79 Å². The minimum atomic E-state index is -0.261. The Labute approximate surface area is 198 Å². The zero-order valence-corrected chi connectivity index (χ0v) is 19.0. The number of aryl methyl sites for hydroxylation is 1. The molecule has 0 unspecified atom stereocenters. The van der Waals surface area contributed by atoms with E-state index in [1.54, 1.807) is 6.20 Å². The highest BCUT2D eigenvalue weighted by molar-refractivity contribution is 5.99. The number of benzene rings is 2. The van der Waals surface area contributed by atoms with Crippen LogP contribution in [0.25, 0.3) is 0 Å². The SMILES string of the molecule is C=CC(=O)Nc1cccc(Nc2nc(Nc3ccc4c(c3)OC[C@@H]3CNCCN43)ncc2C)c1. The van der Waals surface area contributed by atoms with E-state index in [0.29, 0.717) is 30.1 Å². The van der Waals surface area contributed by atoms with E-state index in [9.17, 15) is 4.79 Å². The quantitative estimate of drug-likeness (QED) is 0.417. The summed E-state index contributed by atoms with van der Waals surface area (Å²) >= 11 is 0. The Morgan fingerprint density at radius 3 is 2.94 bits per heavy atom. The first kappa shape index (κ1) is 21.7. The lowest BCUT2D eigenvalue weighted by molar-refractivity contribution is -0.111. The number of anilines is 6. The lowest BCUT2D eigenvalue weighted by Crippen LogP contribution is -2.55. The summed E-state index contributed by atoms with van der Waals surface area (Å²) in [7, 11) is 0. The third-order valence-corrected chi connectivity index (χ3v) is 5.86. The van der Waals surface area contributed by atoms with E-state index in [1.807, 2.05) is 43.3 Å². The summed E-state index contributed by atoms with van der Waals surface area (Å²) in [5.41, 5.74) is 4.34. The van der Waals surface area contributed by atoms with E-state index in [-0.39, 0.29) is 5.91 Å². The maximum absolute atomic E-state index is 11.6. The number of piperazine rings is 1. The van der Waals surface area contributed by atoms with Crippen LogP contribution >= 0.6 is 0 Å². The van der Waals surface area contributed by atoms with E-state index >= 15 is 0 Å². The molecule has 9 heteroatoms. The third-order valence-electron chi connectivity index (χ3n) is 5.86. The predicted molar refractivity (Wildman–Crippen MR) is 135 cm³/mol. The number of nitrogens with zero attached hydrogens (tertiary/aromatic N) is 3. The van der Waals surface area contributed by atoms with Crippen molar-refractivity contribution in [2.45, 2.75) is 13.0 Å². The second kappa shape index (κ2) is 9.40. The number of nitrogens with one attached hydrogen (secondary N) is 4. The largest absolute Gasteiger partial charge is 0.489 e. The molecule has 1 amide bonds. The molecule has 1 fully saturated rings. The first-order valence-corrected chi connectivity index (χ1v) is 11.2. The van der Waals surface area contributed by atoms with Crippen molar-refractivity contribution in [3.8, 4) is 5.75 Å². The van der Waals surface area contributed by atoms with Gasteiger partial charge in [0, 0.05) is 54.5 Å². The van der Waals surface area contributed by atoms with Crippen molar-refractivity contribution in [3.63, 3.8) is 0 Å². The molecule has 2 aliphatic rings. The van der Waals surface area contributed by atoms with Crippen LogP contribution in [-0.4, -0.2) is 48.2 Å². The number of ether oxygens (including phenoxy) is 1. The van der Waals surface area contributed by atoms with E-state index in [0.717, 1.165) is 48.0 Å². The van der Waals surface area contributed by atoms with Gasteiger partial charge in [0.05, 0.1) is 11.7 Å². The molecule has 34 heavy (non-hydrogen) atoms. The minimum Gasteiger partial charge on any atom is -0.489 e. The highest BCUT2D eigenvalue weighted by Gasteiger charge is 2.29. The van der Waals surface area contributed by atoms with Crippen LogP contribution in [0.15, 0.2) is 61.3 Å². The van der Waals surface area contributed by atoms with E-state index in [4.69, 9.17) is 4.74 Å². The topological polar surface area (TPSA) is 103 Å². The van der Waals surface area contributed by atoms with Gasteiger partial charge in [-0.05, 0) is 43.3 Å². The molecule has 0 radical (unpaired) electrons. The predicted octanol–water partition coefficient (Wildman–Crippen LogP) is 3.57. The molecule has 1 atom stereocenters. The molecular weight excluding hydrogens is 430 g/mol. The van der Waals surface area contributed by atoms with Gasteiger partial charge in [0.15, 0.2) is 0 Å². The molecule has 0 spiro atoms. The minimum absolute atomic E-state index is 0.261. The maximum Gasteiger partial charge on any atom is 0.247 e. The molecule has 4 N–H and O–H groups in total. The van der Waals surface area contributed by atoms with Gasteiger partial charge in [-0.1, -0.05) is 12.6 Å². The Bertz CT molecular complexity index is 1230. The van der Waals surface area contributed by atoms with Gasteiger partial charge in [0.2, 0.25) is 11.9 Å². The van der Waals surface area contributed by atoms with Crippen LogP contribution in [-0.2, 0) is 4.79 Å². The fraction of sp³-hybridized carbons (Fsp3) is 0.240. The average Bonchev–Trinajstić information content (AvgIpc) is 2.86. The van der Waals surface area contributed by atoms with Crippen molar-refractivity contribution in [2.75, 3.05) is 47.1 Å². The number of carbonyl (C=O) groups excluding carboxylic acids is 1. The first-order chi connectivity index (χ1) is 16.6. The number of aromatic nitrogens is 2. The van der Waals surface area contributed by atoms with E-state index in [1.165, 1.54) is 6.08 Å². The van der Waals surface area contributed by atoms with Gasteiger partial charge >= 0.3 is 0 Å². The van der Waals surface area contributed by atoms with Crippen molar-refractivity contribution in [1.29, 1.82) is 0 Å². The number of amides is 1. The van der Waals surface area contributed by atoms with Crippen molar-refractivity contribution in [1.82, 2.24) is 15.3 Å². The number of rotatable bonds is 6. The van der Waals surface area contributed by atoms with Crippen LogP contribution in [0.2, 0.25) is 0 Å². The molecule has 0 saturated carbocycles. The lowest BCUT2D eigenvalue weighted by atomic mass is 10.1. The summed E-state index contributed by atoms with van der Waals surface area (Å²) in [6.07, 6.45) is 3.00. The van der Waals surface area contributed by atoms with Crippen molar-refractivity contribution in [2.24, 2.45) is 0 Å². The van der Waals surface area contributed by atoms with Gasteiger partial charge in [-0.2, -0.15) is 4.98 Å². The monoisotopic (exact) mass is 457 g/mol. The van der Waals surface area contributed by atoms with Gasteiger partial charge in [-0.25, -0.2) is 4.98 Å². The normalized spacial score (nSPS) is 16.5. The van der Waals surface area contributed by atoms with Crippen molar-refractivity contribution >= 4 is 40.4 Å². The fourth-order valence-electron chi connectivity index (χ4n) is 4.12. The van der Waals surface area contributed by atoms with Crippen LogP contribution in [0.1, 0.15) is 5.56 Å². The Hall–Kier alpha value is -4.11. The third kappa shape index (κ3) is 4.65. The van der Waals surface area contributed by atoms with E-state index in [2.05, 4.69) is 48.8 Å². The first-order valence-electron chi connectivity index (χ1n) is 11.2. The number of carbonyl (C=O) groups is 1. The molecular formula is C25H27N7O2. The van der Waals surface area contributed by atoms with Crippen LogP contribution in [0.4, 0.5) is 34.5 Å². The number of hydrogen-bond donors (Lipinski definition) is 4. The highest BCUT2D eigenvalue weighted by atomic mass is 16.5. The van der Waals surface area contributed by atoms with Crippen LogP contribution < -0.4 is 30.9 Å². The average molecular weight is 458 g/mol. The molecule has 2 aromatic carbocycles. The zero-order valence-electron chi connectivity index (χ0n) is 19.0. The summed E-state index contributed by atoms with van der Waals surface area (Å²) in [6.45, 7) is 8.98. The maximum atomic E-state index is 11.6. The highest BCUT2D eigenvalue weighted by Crippen LogP contribution is 2.37. The molecule has 3 aromatic rings. The summed E-state index contributed by atoms with van der Waals surface area (Å²) in [5.74, 6) is 1.75. The smallest absolute Gasteiger partial charge is 0.247 e. The van der Waals surface area contributed by atoms with Crippen LogP contribution in [0.5, 0.6) is 5.75 Å². The molecule has 1 saturated heterocycles. The Morgan fingerprint density at radius 1 is 1.21 bits per heavy atom. The Kier molecular flexibility index (Phi) is 6.01. The van der Waals surface area contributed by atoms with Crippen molar-refractivity contribution in [3.05, 3.63) is 66.9 Å². The number of hydrogen-bond acceptors (Lipinski definition) is 8. The summed E-state index contributed by atoms with van der Waals surface area (Å²) in [6, 6.07) is 13.9. The molecule has 0 aliphatic carbocycles. The van der Waals surface area contributed by atoms with Crippen molar-refractivity contribution < 1.29 is 9.53 Å². The molecule has 0 bridgehead atoms. The number of fused-ring (bicyclic) bond motifs is 3. The standard InChI is InChI=1S/C25H27N7O2/c1-3-23(33)28-17-5-4-6-18(11-17)29-24-16(2)13-27-25(31-24)30-19-7-8-21-22(12-19)34-15-20-14-26-9-10-32(20)21/h3-8,11-13,20,26H,1,9-10,14-15H2,2H3,(H,28,33)(H2,27,29,30,31)/t20-/m0/s1. The second-order valence-corrected chi connectivity index (χ2v) is 8.29. The molecule has 174 valence electrons. The van der Waals surface area contributed by atoms with Crippen LogP contribution in [0.3, 0.4) is 0 Å². The molecule has 9 nitrogen and oxygen atoms in total. The van der Waals surface area contributed by atoms with Crippen LogP contribution in [0, 0.1) is 6.92 Å². The van der Waals surface area contributed by atoms with Gasteiger partial charge < -0.3 is 30.9 Å². The Balaban J connectivity index is 1.32. The summed E-state index contributed by atoms with van der Waals surface area (Å²) in [5, 5.41) is 12.8. The summed E-state index contributed by atoms with van der Waals surface area (Å²) < 4.78 is 6.03. The molecule has 2 aliphatic heterocycles. The molecule has 3 heterocycles. The molecule has 1 aromatic heterocycles. The van der Waals surface area contributed by atoms with Gasteiger partial charge in [0.1, 0.15) is 18.2 Å². The van der Waals surface area contributed by atoms with E-state index < -0.39 is 0 Å². The fourth-order valence-corrected chi connectivity index (χ4v) is 4.12. The van der Waals surface area contributed by atoms with Gasteiger partial charge in [-0.15, -0.1) is 0 Å². The zero-order chi connectivity index (χ0) is 23.5. The summed E-state index contributed by atoms with van der Waals surface area (Å²) in [4.78, 5) is 23.1. The second-order valence-electron chi connectivity index (χ2n) is 8.29. The van der Waals surface area contributed by atoms with Gasteiger partial charge in [0.25, 0.3) is 0 Å². The lowest BCUT2D eigenvalue weighted by Gasteiger charge is -2.42. The molecule has 5 rings (SSSR count).